The Bertz CT molecular complexity index is 598. The molecule has 0 aromatic carbocycles. The molecule has 120 valence electrons. The molecular weight excluding hydrogens is 305 g/mol. The van der Waals surface area contributed by atoms with E-state index in [1.807, 2.05) is 0 Å². The highest BCUT2D eigenvalue weighted by Crippen LogP contribution is 2.39. The summed E-state index contributed by atoms with van der Waals surface area (Å²) in [5.74, 6) is 0. The second kappa shape index (κ2) is 5.92. The summed E-state index contributed by atoms with van der Waals surface area (Å²) in [5, 5.41) is 2.84. The third kappa shape index (κ3) is 3.74. The summed E-state index contributed by atoms with van der Waals surface area (Å²) >= 11 is 0. The molecule has 0 amide bonds. The van der Waals surface area contributed by atoms with Crippen LogP contribution in [0, 0.1) is 0 Å². The molecule has 1 heterocycles. The first kappa shape index (κ1) is 17.9. The van der Waals surface area contributed by atoms with Crippen molar-refractivity contribution in [3.8, 4) is 0 Å². The fourth-order valence-corrected chi connectivity index (χ4v) is 2.68. The van der Waals surface area contributed by atoms with Crippen LogP contribution < -0.4 is 5.32 Å². The average Bonchev–Trinajstić information content (AvgIpc) is 2.33. The van der Waals surface area contributed by atoms with Gasteiger partial charge in [-0.3, -0.25) is 4.98 Å². The normalized spacial score (nSPS) is 15.0. The molecule has 1 aromatic rings. The van der Waals surface area contributed by atoms with Gasteiger partial charge in [0.1, 0.15) is 0 Å². The van der Waals surface area contributed by atoms with Gasteiger partial charge in [-0.1, -0.05) is 6.92 Å². The van der Waals surface area contributed by atoms with Crippen LogP contribution in [0.5, 0.6) is 0 Å². The first-order valence-corrected chi connectivity index (χ1v) is 8.26. The Hall–Kier alpha value is -1.15. The van der Waals surface area contributed by atoms with Crippen LogP contribution in [-0.4, -0.2) is 30.9 Å². The van der Waals surface area contributed by atoms with Crippen molar-refractivity contribution in [3.05, 3.63) is 29.6 Å². The molecule has 1 atom stereocenters. The van der Waals surface area contributed by atoms with E-state index in [9.17, 15) is 21.6 Å². The molecule has 0 aliphatic carbocycles. The van der Waals surface area contributed by atoms with Crippen LogP contribution in [0.2, 0.25) is 0 Å². The number of aromatic nitrogens is 1. The lowest BCUT2D eigenvalue weighted by Crippen LogP contribution is -2.45. The summed E-state index contributed by atoms with van der Waals surface area (Å²) in [6.45, 7) is 4.84. The van der Waals surface area contributed by atoms with E-state index in [0.717, 1.165) is 24.7 Å². The van der Waals surface area contributed by atoms with Crippen LogP contribution in [0.1, 0.15) is 37.9 Å². The number of alkyl halides is 3. The maximum Gasteiger partial charge on any atom is 0.416 e. The number of sulfone groups is 1. The molecule has 1 N–H and O–H groups in total. The van der Waals surface area contributed by atoms with Crippen LogP contribution in [0.3, 0.4) is 0 Å². The lowest BCUT2D eigenvalue weighted by atomic mass is 9.92. The Kier molecular flexibility index (Phi) is 5.05. The Morgan fingerprint density at radius 1 is 1.33 bits per heavy atom. The molecule has 0 radical (unpaired) electrons. The number of halogens is 3. The van der Waals surface area contributed by atoms with Crippen molar-refractivity contribution in [1.29, 1.82) is 0 Å². The second-order valence-corrected chi connectivity index (χ2v) is 7.92. The summed E-state index contributed by atoms with van der Waals surface area (Å²) in [4.78, 5) is 3.72. The number of rotatable bonds is 5. The van der Waals surface area contributed by atoms with Gasteiger partial charge in [-0.05, 0) is 26.5 Å². The summed E-state index contributed by atoms with van der Waals surface area (Å²) < 4.78 is 61.9. The molecule has 1 rings (SSSR count). The minimum Gasteiger partial charge on any atom is -0.309 e. The number of pyridine rings is 1. The van der Waals surface area contributed by atoms with Gasteiger partial charge in [-0.15, -0.1) is 0 Å². The summed E-state index contributed by atoms with van der Waals surface area (Å²) in [5.41, 5.74) is -1.04. The van der Waals surface area contributed by atoms with Crippen molar-refractivity contribution in [2.24, 2.45) is 0 Å². The quantitative estimate of drug-likeness (QED) is 0.904. The second-order valence-electron chi connectivity index (χ2n) is 5.33. The highest BCUT2D eigenvalue weighted by Gasteiger charge is 2.44. The van der Waals surface area contributed by atoms with Crippen LogP contribution in [-0.2, 0) is 16.0 Å². The monoisotopic (exact) mass is 324 g/mol. The molecule has 8 heteroatoms. The van der Waals surface area contributed by atoms with Crippen LogP contribution in [0.15, 0.2) is 18.5 Å². The number of hydrogen-bond acceptors (Lipinski definition) is 4. The molecule has 21 heavy (non-hydrogen) atoms. The van der Waals surface area contributed by atoms with Crippen molar-refractivity contribution < 1.29 is 21.6 Å². The minimum absolute atomic E-state index is 0.165. The van der Waals surface area contributed by atoms with E-state index in [1.165, 1.54) is 13.8 Å². The molecule has 1 aromatic heterocycles. The van der Waals surface area contributed by atoms with E-state index < -0.39 is 32.4 Å². The number of hydrogen-bond donors (Lipinski definition) is 1. The summed E-state index contributed by atoms with van der Waals surface area (Å²) in [6, 6.07) is -0.152. The molecular formula is C13H19F3N2O2S. The molecule has 0 aliphatic heterocycles. The van der Waals surface area contributed by atoms with Gasteiger partial charge in [-0.25, -0.2) is 8.42 Å². The van der Waals surface area contributed by atoms with Gasteiger partial charge in [0.05, 0.1) is 16.4 Å². The van der Waals surface area contributed by atoms with Crippen LogP contribution in [0.25, 0.3) is 0 Å². The lowest BCUT2D eigenvalue weighted by molar-refractivity contribution is -0.138. The van der Waals surface area contributed by atoms with Crippen LogP contribution in [0.4, 0.5) is 13.2 Å². The molecule has 0 aliphatic rings. The van der Waals surface area contributed by atoms with Gasteiger partial charge in [-0.2, -0.15) is 13.2 Å². The largest absolute Gasteiger partial charge is 0.416 e. The van der Waals surface area contributed by atoms with Crippen molar-refractivity contribution in [2.75, 3.05) is 12.8 Å². The van der Waals surface area contributed by atoms with E-state index in [2.05, 4.69) is 10.3 Å². The Labute approximate surface area is 122 Å². The smallest absolute Gasteiger partial charge is 0.309 e. The molecule has 4 nitrogen and oxygen atoms in total. The van der Waals surface area contributed by atoms with Gasteiger partial charge < -0.3 is 5.32 Å². The van der Waals surface area contributed by atoms with E-state index in [-0.39, 0.29) is 5.56 Å². The van der Waals surface area contributed by atoms with Gasteiger partial charge in [0.2, 0.25) is 0 Å². The Morgan fingerprint density at radius 3 is 2.33 bits per heavy atom. The summed E-state index contributed by atoms with van der Waals surface area (Å²) in [7, 11) is -3.59. The first-order valence-electron chi connectivity index (χ1n) is 6.37. The first-order chi connectivity index (χ1) is 9.43. The van der Waals surface area contributed by atoms with Crippen LogP contribution >= 0.6 is 0 Å². The topological polar surface area (TPSA) is 59.1 Å². The zero-order chi connectivity index (χ0) is 16.5. The van der Waals surface area contributed by atoms with Gasteiger partial charge >= 0.3 is 6.18 Å². The molecule has 0 saturated carbocycles. The Morgan fingerprint density at radius 2 is 1.90 bits per heavy atom. The minimum atomic E-state index is -4.57. The zero-order valence-electron chi connectivity index (χ0n) is 12.3. The standard InChI is InChI=1S/C13H19F3N2O2S/c1-5-18-11(12(2,3)21(4,19)20)9-8-17-7-6-10(9)13(14,15)16/h6-8,11,18H,5H2,1-4H3. The summed E-state index contributed by atoms with van der Waals surface area (Å²) in [6.07, 6.45) is -1.44. The van der Waals surface area contributed by atoms with Crippen molar-refractivity contribution in [2.45, 2.75) is 37.7 Å². The average molecular weight is 324 g/mol. The van der Waals surface area contributed by atoms with E-state index >= 15 is 0 Å². The van der Waals surface area contributed by atoms with E-state index in [0.29, 0.717) is 6.54 Å². The Balaban J connectivity index is 3.52. The predicted octanol–water partition coefficient (Wildman–Crippen LogP) is 2.57. The number of nitrogens with one attached hydrogen (secondary N) is 1. The maximum absolute atomic E-state index is 13.1. The zero-order valence-corrected chi connectivity index (χ0v) is 13.1. The van der Waals surface area contributed by atoms with Crippen molar-refractivity contribution in [1.82, 2.24) is 10.3 Å². The molecule has 0 bridgehead atoms. The van der Waals surface area contributed by atoms with E-state index in [4.69, 9.17) is 0 Å². The van der Waals surface area contributed by atoms with Gasteiger partial charge in [0, 0.05) is 24.2 Å². The molecule has 0 saturated heterocycles. The SMILES string of the molecule is CCNC(c1cnccc1C(F)(F)F)C(C)(C)S(C)(=O)=O. The fraction of sp³-hybridized carbons (Fsp3) is 0.615. The predicted molar refractivity (Wildman–Crippen MR) is 74.6 cm³/mol. The van der Waals surface area contributed by atoms with Gasteiger partial charge in [0.15, 0.2) is 9.84 Å². The maximum atomic E-state index is 13.1. The van der Waals surface area contributed by atoms with Gasteiger partial charge in [0.25, 0.3) is 0 Å². The molecule has 0 fully saturated rings. The fourth-order valence-electron chi connectivity index (χ4n) is 2.04. The number of nitrogens with zero attached hydrogens (tertiary/aromatic N) is 1. The van der Waals surface area contributed by atoms with Crippen molar-refractivity contribution in [3.63, 3.8) is 0 Å². The highest BCUT2D eigenvalue weighted by atomic mass is 32.2. The third-order valence-corrected chi connectivity index (χ3v) is 5.67. The van der Waals surface area contributed by atoms with E-state index in [1.54, 1.807) is 6.92 Å². The third-order valence-electron chi connectivity index (χ3n) is 3.53. The highest BCUT2D eigenvalue weighted by molar-refractivity contribution is 7.92. The van der Waals surface area contributed by atoms with Crippen molar-refractivity contribution >= 4 is 9.84 Å². The molecule has 1 unspecified atom stereocenters. The molecule has 0 spiro atoms. The lowest BCUT2D eigenvalue weighted by Gasteiger charge is -2.34.